The summed E-state index contributed by atoms with van der Waals surface area (Å²) in [6.07, 6.45) is 6.48. The number of nitrogens with zero attached hydrogens (tertiary/aromatic N) is 2. The van der Waals surface area contributed by atoms with E-state index < -0.39 is 0 Å². The van der Waals surface area contributed by atoms with Crippen molar-refractivity contribution in [2.45, 2.75) is 0 Å². The van der Waals surface area contributed by atoms with E-state index in [1.807, 2.05) is 12.3 Å². The molecular formula is C10H8N4O. The van der Waals surface area contributed by atoms with Crippen LogP contribution in [0.3, 0.4) is 0 Å². The fourth-order valence-electron chi connectivity index (χ4n) is 1.65. The Kier molecular flexibility index (Phi) is 1.53. The van der Waals surface area contributed by atoms with Crippen LogP contribution in [0.2, 0.25) is 0 Å². The average molecular weight is 200 g/mol. The van der Waals surface area contributed by atoms with Gasteiger partial charge in [-0.3, -0.25) is 0 Å². The first kappa shape index (κ1) is 8.05. The molecule has 3 heterocycles. The Morgan fingerprint density at radius 3 is 3.07 bits per heavy atom. The van der Waals surface area contributed by atoms with Crippen molar-refractivity contribution in [1.29, 1.82) is 0 Å². The number of aromatic nitrogens is 3. The molecule has 0 saturated heterocycles. The molecule has 0 saturated carbocycles. The van der Waals surface area contributed by atoms with E-state index in [9.17, 15) is 0 Å². The summed E-state index contributed by atoms with van der Waals surface area (Å²) in [5, 5.41) is 0.881. The molecule has 3 aromatic rings. The summed E-state index contributed by atoms with van der Waals surface area (Å²) in [5.41, 5.74) is 8.42. The second kappa shape index (κ2) is 2.84. The van der Waals surface area contributed by atoms with E-state index in [2.05, 4.69) is 15.0 Å². The molecular weight excluding hydrogens is 192 g/mol. The summed E-state index contributed by atoms with van der Waals surface area (Å²) < 4.78 is 4.94. The van der Waals surface area contributed by atoms with Crippen molar-refractivity contribution < 1.29 is 4.42 Å². The molecule has 0 aromatic carbocycles. The van der Waals surface area contributed by atoms with Crippen LogP contribution < -0.4 is 5.73 Å². The first-order valence-electron chi connectivity index (χ1n) is 4.46. The molecule has 15 heavy (non-hydrogen) atoms. The van der Waals surface area contributed by atoms with Gasteiger partial charge in [0.1, 0.15) is 17.8 Å². The fraction of sp³-hybridized carbons (Fsp3) is 0. The predicted molar refractivity (Wildman–Crippen MR) is 56.0 cm³/mol. The molecule has 0 aliphatic carbocycles. The molecule has 3 aromatic heterocycles. The Hall–Kier alpha value is -2.30. The number of H-pyrrole nitrogens is 1. The van der Waals surface area contributed by atoms with Crippen molar-refractivity contribution >= 4 is 16.7 Å². The highest BCUT2D eigenvalue weighted by atomic mass is 16.3. The van der Waals surface area contributed by atoms with Gasteiger partial charge in [0, 0.05) is 18.0 Å². The number of nitrogen functional groups attached to an aromatic ring is 1. The maximum atomic E-state index is 5.82. The number of pyridine rings is 1. The normalized spacial score (nSPS) is 10.9. The Labute approximate surface area is 85.0 Å². The molecule has 0 bridgehead atoms. The number of hydrogen-bond acceptors (Lipinski definition) is 4. The standard InChI is InChI=1S/C10H8N4O/c11-10-9-6(8-4-15-5-14-8)3-13-7(9)1-2-12-10/h1-5,13H,(H2,11,12). The molecule has 5 heteroatoms. The molecule has 0 fully saturated rings. The lowest BCUT2D eigenvalue weighted by Crippen LogP contribution is -1.90. The number of nitrogens with one attached hydrogen (secondary N) is 1. The summed E-state index contributed by atoms with van der Waals surface area (Å²) >= 11 is 0. The van der Waals surface area contributed by atoms with Crippen LogP contribution in [0.4, 0.5) is 5.82 Å². The molecule has 0 spiro atoms. The Balaban J connectivity index is 2.37. The number of anilines is 1. The molecule has 3 rings (SSSR count). The van der Waals surface area contributed by atoms with Crippen molar-refractivity contribution in [3.8, 4) is 11.3 Å². The summed E-state index contributed by atoms with van der Waals surface area (Å²) in [6.45, 7) is 0. The molecule has 0 unspecified atom stereocenters. The first-order valence-corrected chi connectivity index (χ1v) is 4.46. The highest BCUT2D eigenvalue weighted by molar-refractivity contribution is 6.00. The van der Waals surface area contributed by atoms with Gasteiger partial charge in [0.2, 0.25) is 0 Å². The van der Waals surface area contributed by atoms with Gasteiger partial charge >= 0.3 is 0 Å². The number of hydrogen-bond donors (Lipinski definition) is 2. The van der Waals surface area contributed by atoms with Gasteiger partial charge in [0.25, 0.3) is 0 Å². The van der Waals surface area contributed by atoms with Crippen LogP contribution in [0.5, 0.6) is 0 Å². The van der Waals surface area contributed by atoms with Gasteiger partial charge in [-0.15, -0.1) is 0 Å². The van der Waals surface area contributed by atoms with E-state index in [0.717, 1.165) is 22.2 Å². The van der Waals surface area contributed by atoms with Crippen LogP contribution in [0.25, 0.3) is 22.2 Å². The highest BCUT2D eigenvalue weighted by Crippen LogP contribution is 2.30. The van der Waals surface area contributed by atoms with E-state index in [1.54, 1.807) is 12.5 Å². The number of rotatable bonds is 1. The monoisotopic (exact) mass is 200 g/mol. The maximum absolute atomic E-state index is 5.82. The van der Waals surface area contributed by atoms with E-state index in [-0.39, 0.29) is 0 Å². The lowest BCUT2D eigenvalue weighted by molar-refractivity contribution is 0.558. The second-order valence-corrected chi connectivity index (χ2v) is 3.19. The van der Waals surface area contributed by atoms with Gasteiger partial charge in [-0.25, -0.2) is 9.97 Å². The van der Waals surface area contributed by atoms with Crippen LogP contribution in [0.15, 0.2) is 35.5 Å². The van der Waals surface area contributed by atoms with Crippen molar-refractivity contribution in [3.63, 3.8) is 0 Å². The predicted octanol–water partition coefficient (Wildman–Crippen LogP) is 1.80. The molecule has 0 radical (unpaired) electrons. The highest BCUT2D eigenvalue weighted by Gasteiger charge is 2.11. The van der Waals surface area contributed by atoms with Crippen LogP contribution >= 0.6 is 0 Å². The molecule has 0 atom stereocenters. The average Bonchev–Trinajstić information content (AvgIpc) is 2.85. The lowest BCUT2D eigenvalue weighted by atomic mass is 10.1. The van der Waals surface area contributed by atoms with Gasteiger partial charge in [0.05, 0.1) is 10.9 Å². The zero-order valence-electron chi connectivity index (χ0n) is 7.77. The number of nitrogens with two attached hydrogens (primary N) is 1. The molecule has 3 N–H and O–H groups in total. The van der Waals surface area contributed by atoms with E-state index >= 15 is 0 Å². The third kappa shape index (κ3) is 1.10. The Bertz CT molecular complexity index is 597. The molecule has 0 amide bonds. The van der Waals surface area contributed by atoms with Crippen LogP contribution in [0, 0.1) is 0 Å². The number of fused-ring (bicyclic) bond motifs is 1. The van der Waals surface area contributed by atoms with Crippen molar-refractivity contribution in [2.75, 3.05) is 5.73 Å². The van der Waals surface area contributed by atoms with Crippen LogP contribution in [-0.4, -0.2) is 15.0 Å². The molecule has 0 aliphatic heterocycles. The van der Waals surface area contributed by atoms with Gasteiger partial charge in [0.15, 0.2) is 6.39 Å². The lowest BCUT2D eigenvalue weighted by Gasteiger charge is -1.96. The smallest absolute Gasteiger partial charge is 0.181 e. The summed E-state index contributed by atoms with van der Waals surface area (Å²) in [7, 11) is 0. The van der Waals surface area contributed by atoms with Gasteiger partial charge in [-0.1, -0.05) is 0 Å². The van der Waals surface area contributed by atoms with Crippen molar-refractivity contribution in [1.82, 2.24) is 15.0 Å². The van der Waals surface area contributed by atoms with Gasteiger partial charge < -0.3 is 15.1 Å². The molecule has 0 aliphatic rings. The van der Waals surface area contributed by atoms with E-state index in [1.165, 1.54) is 6.39 Å². The Morgan fingerprint density at radius 2 is 2.27 bits per heavy atom. The fourth-order valence-corrected chi connectivity index (χ4v) is 1.65. The van der Waals surface area contributed by atoms with Crippen molar-refractivity contribution in [3.05, 3.63) is 31.1 Å². The summed E-state index contributed by atoms with van der Waals surface area (Å²) in [6, 6.07) is 1.87. The second-order valence-electron chi connectivity index (χ2n) is 3.19. The quantitative estimate of drug-likeness (QED) is 0.627. The minimum atomic E-state index is 0.492. The first-order chi connectivity index (χ1) is 7.36. The zero-order chi connectivity index (χ0) is 10.3. The zero-order valence-corrected chi connectivity index (χ0v) is 7.77. The van der Waals surface area contributed by atoms with Gasteiger partial charge in [-0.05, 0) is 6.07 Å². The molecule has 74 valence electrons. The Morgan fingerprint density at radius 1 is 1.33 bits per heavy atom. The van der Waals surface area contributed by atoms with Crippen LogP contribution in [0.1, 0.15) is 0 Å². The topological polar surface area (TPSA) is 80.7 Å². The minimum Gasteiger partial charge on any atom is -0.451 e. The van der Waals surface area contributed by atoms with E-state index in [4.69, 9.17) is 10.2 Å². The molecule has 5 nitrogen and oxygen atoms in total. The third-order valence-corrected chi connectivity index (χ3v) is 2.33. The van der Waals surface area contributed by atoms with Crippen LogP contribution in [-0.2, 0) is 0 Å². The van der Waals surface area contributed by atoms with E-state index in [0.29, 0.717) is 5.82 Å². The third-order valence-electron chi connectivity index (χ3n) is 2.33. The maximum Gasteiger partial charge on any atom is 0.181 e. The largest absolute Gasteiger partial charge is 0.451 e. The van der Waals surface area contributed by atoms with Gasteiger partial charge in [-0.2, -0.15) is 0 Å². The SMILES string of the molecule is Nc1nccc2[nH]cc(-c3cocn3)c12. The number of oxazole rings is 1. The summed E-state index contributed by atoms with van der Waals surface area (Å²) in [4.78, 5) is 11.2. The minimum absolute atomic E-state index is 0.492. The van der Waals surface area contributed by atoms with Crippen molar-refractivity contribution in [2.24, 2.45) is 0 Å². The summed E-state index contributed by atoms with van der Waals surface area (Å²) in [5.74, 6) is 0.492. The number of aromatic amines is 1.